The molecule has 0 radical (unpaired) electrons. The molecular weight excluding hydrogens is 318 g/mol. The number of rotatable bonds is 4. The highest BCUT2D eigenvalue weighted by molar-refractivity contribution is 9.10. The van der Waals surface area contributed by atoms with Gasteiger partial charge in [-0.3, -0.25) is 0 Å². The number of benzene rings is 1. The Bertz CT molecular complexity index is 557. The molecule has 0 saturated heterocycles. The molecule has 1 aliphatic rings. The van der Waals surface area contributed by atoms with Gasteiger partial charge < -0.3 is 5.32 Å². The highest BCUT2D eigenvalue weighted by Crippen LogP contribution is 2.40. The molecule has 1 fully saturated rings. The van der Waals surface area contributed by atoms with Crippen molar-refractivity contribution in [3.8, 4) is 0 Å². The standard InChI is InChI=1S/C16H18BrNS/c1-11-9-19-10-13(11)8-18-14-6-12(7-14)15-4-2-3-5-16(15)17/h2-5,9-10,12,14,18H,6-8H2,1H3. The fourth-order valence-electron chi connectivity index (χ4n) is 2.67. The molecule has 1 aromatic carbocycles. The molecule has 2 aromatic rings. The van der Waals surface area contributed by atoms with Crippen LogP contribution in [-0.2, 0) is 6.54 Å². The first kappa shape index (κ1) is 13.3. The van der Waals surface area contributed by atoms with Crippen molar-refractivity contribution in [1.29, 1.82) is 0 Å². The molecule has 0 unspecified atom stereocenters. The summed E-state index contributed by atoms with van der Waals surface area (Å²) in [6.07, 6.45) is 2.51. The minimum atomic E-state index is 0.677. The summed E-state index contributed by atoms with van der Waals surface area (Å²) in [7, 11) is 0. The second kappa shape index (κ2) is 5.78. The van der Waals surface area contributed by atoms with Crippen LogP contribution in [0.4, 0.5) is 0 Å². The van der Waals surface area contributed by atoms with Gasteiger partial charge in [0.15, 0.2) is 0 Å². The smallest absolute Gasteiger partial charge is 0.0218 e. The van der Waals surface area contributed by atoms with E-state index in [0.29, 0.717) is 6.04 Å². The van der Waals surface area contributed by atoms with Crippen LogP contribution in [0, 0.1) is 6.92 Å². The zero-order chi connectivity index (χ0) is 13.2. The Balaban J connectivity index is 1.51. The predicted octanol–water partition coefficient (Wildman–Crippen LogP) is 4.85. The second-order valence-electron chi connectivity index (χ2n) is 5.35. The third-order valence-corrected chi connectivity index (χ3v) is 5.66. The maximum atomic E-state index is 3.67. The quantitative estimate of drug-likeness (QED) is 0.841. The number of nitrogens with one attached hydrogen (secondary N) is 1. The average molecular weight is 336 g/mol. The predicted molar refractivity (Wildman–Crippen MR) is 85.8 cm³/mol. The van der Waals surface area contributed by atoms with Crippen LogP contribution in [0.15, 0.2) is 39.5 Å². The Morgan fingerprint density at radius 1 is 1.26 bits per heavy atom. The first-order valence-electron chi connectivity index (χ1n) is 6.73. The molecule has 1 N–H and O–H groups in total. The zero-order valence-electron chi connectivity index (χ0n) is 11.0. The number of aryl methyl sites for hydroxylation is 1. The van der Waals surface area contributed by atoms with Crippen LogP contribution >= 0.6 is 27.3 Å². The van der Waals surface area contributed by atoms with Crippen LogP contribution in [0.1, 0.15) is 35.4 Å². The van der Waals surface area contributed by atoms with Crippen molar-refractivity contribution in [2.75, 3.05) is 0 Å². The van der Waals surface area contributed by atoms with Gasteiger partial charge in [0.1, 0.15) is 0 Å². The molecule has 3 heteroatoms. The van der Waals surface area contributed by atoms with Crippen molar-refractivity contribution < 1.29 is 0 Å². The van der Waals surface area contributed by atoms with Gasteiger partial charge in [-0.05, 0) is 59.2 Å². The van der Waals surface area contributed by atoms with Gasteiger partial charge in [-0.15, -0.1) is 0 Å². The van der Waals surface area contributed by atoms with Gasteiger partial charge in [0.05, 0.1) is 0 Å². The molecule has 19 heavy (non-hydrogen) atoms. The highest BCUT2D eigenvalue weighted by atomic mass is 79.9. The van der Waals surface area contributed by atoms with Gasteiger partial charge in [-0.1, -0.05) is 34.1 Å². The van der Waals surface area contributed by atoms with Crippen molar-refractivity contribution >= 4 is 27.3 Å². The van der Waals surface area contributed by atoms with E-state index in [4.69, 9.17) is 0 Å². The molecule has 0 atom stereocenters. The van der Waals surface area contributed by atoms with E-state index in [0.717, 1.165) is 12.5 Å². The molecule has 100 valence electrons. The molecule has 1 aromatic heterocycles. The number of hydrogen-bond donors (Lipinski definition) is 1. The molecule has 3 rings (SSSR count). The Hall–Kier alpha value is -0.640. The van der Waals surface area contributed by atoms with E-state index in [-0.39, 0.29) is 0 Å². The van der Waals surface area contributed by atoms with Crippen molar-refractivity contribution in [1.82, 2.24) is 5.32 Å². The Morgan fingerprint density at radius 3 is 2.74 bits per heavy atom. The third-order valence-electron chi connectivity index (χ3n) is 4.03. The lowest BCUT2D eigenvalue weighted by atomic mass is 9.76. The third kappa shape index (κ3) is 2.93. The lowest BCUT2D eigenvalue weighted by molar-refractivity contribution is 0.289. The van der Waals surface area contributed by atoms with Crippen LogP contribution in [-0.4, -0.2) is 6.04 Å². The van der Waals surface area contributed by atoms with E-state index in [1.165, 1.54) is 34.0 Å². The Labute approximate surface area is 127 Å². The van der Waals surface area contributed by atoms with E-state index >= 15 is 0 Å². The van der Waals surface area contributed by atoms with Gasteiger partial charge in [0.25, 0.3) is 0 Å². The van der Waals surface area contributed by atoms with Crippen molar-refractivity contribution in [2.45, 2.75) is 38.3 Å². The van der Waals surface area contributed by atoms with E-state index in [1.807, 2.05) is 0 Å². The maximum Gasteiger partial charge on any atom is 0.0218 e. The number of thiophene rings is 1. The first-order valence-corrected chi connectivity index (χ1v) is 8.47. The minimum absolute atomic E-state index is 0.677. The summed E-state index contributed by atoms with van der Waals surface area (Å²) in [6, 6.07) is 9.28. The summed E-state index contributed by atoms with van der Waals surface area (Å²) in [5.41, 5.74) is 4.33. The van der Waals surface area contributed by atoms with E-state index in [1.54, 1.807) is 11.3 Å². The number of halogens is 1. The second-order valence-corrected chi connectivity index (χ2v) is 6.95. The summed E-state index contributed by atoms with van der Waals surface area (Å²) in [5, 5.41) is 8.15. The summed E-state index contributed by atoms with van der Waals surface area (Å²) in [6.45, 7) is 3.21. The Morgan fingerprint density at radius 2 is 2.05 bits per heavy atom. The molecule has 1 aliphatic carbocycles. The Kier molecular flexibility index (Phi) is 4.06. The van der Waals surface area contributed by atoms with E-state index in [9.17, 15) is 0 Å². The minimum Gasteiger partial charge on any atom is -0.310 e. The lowest BCUT2D eigenvalue weighted by Gasteiger charge is -2.37. The van der Waals surface area contributed by atoms with Crippen LogP contribution in [0.25, 0.3) is 0 Å². The fourth-order valence-corrected chi connectivity index (χ4v) is 4.13. The number of hydrogen-bond acceptors (Lipinski definition) is 2. The molecule has 0 bridgehead atoms. The van der Waals surface area contributed by atoms with Gasteiger partial charge >= 0.3 is 0 Å². The van der Waals surface area contributed by atoms with Gasteiger partial charge in [0, 0.05) is 17.1 Å². The maximum absolute atomic E-state index is 3.67. The summed E-state index contributed by atoms with van der Waals surface area (Å²) in [5.74, 6) is 0.719. The summed E-state index contributed by atoms with van der Waals surface area (Å²) >= 11 is 5.45. The van der Waals surface area contributed by atoms with E-state index in [2.05, 4.69) is 63.2 Å². The summed E-state index contributed by atoms with van der Waals surface area (Å²) in [4.78, 5) is 0. The van der Waals surface area contributed by atoms with Gasteiger partial charge in [0.2, 0.25) is 0 Å². The molecule has 1 nitrogen and oxygen atoms in total. The molecule has 1 heterocycles. The first-order chi connectivity index (χ1) is 9.24. The molecule has 0 spiro atoms. The van der Waals surface area contributed by atoms with Crippen LogP contribution < -0.4 is 5.32 Å². The molecule has 1 saturated carbocycles. The normalized spacial score (nSPS) is 22.2. The molecular formula is C16H18BrNS. The van der Waals surface area contributed by atoms with Gasteiger partial charge in [-0.25, -0.2) is 0 Å². The average Bonchev–Trinajstić information content (AvgIpc) is 2.75. The van der Waals surface area contributed by atoms with Crippen molar-refractivity contribution in [2.24, 2.45) is 0 Å². The van der Waals surface area contributed by atoms with Crippen LogP contribution in [0.2, 0.25) is 0 Å². The topological polar surface area (TPSA) is 12.0 Å². The largest absolute Gasteiger partial charge is 0.310 e. The SMILES string of the molecule is Cc1cscc1CNC1CC(c2ccccc2Br)C1. The monoisotopic (exact) mass is 335 g/mol. The molecule has 0 amide bonds. The lowest BCUT2D eigenvalue weighted by Crippen LogP contribution is -2.39. The van der Waals surface area contributed by atoms with Gasteiger partial charge in [-0.2, -0.15) is 11.3 Å². The fraction of sp³-hybridized carbons (Fsp3) is 0.375. The van der Waals surface area contributed by atoms with E-state index < -0.39 is 0 Å². The van der Waals surface area contributed by atoms with Crippen LogP contribution in [0.3, 0.4) is 0 Å². The van der Waals surface area contributed by atoms with Crippen molar-refractivity contribution in [3.05, 3.63) is 56.2 Å². The highest BCUT2D eigenvalue weighted by Gasteiger charge is 2.30. The van der Waals surface area contributed by atoms with Crippen LogP contribution in [0.5, 0.6) is 0 Å². The van der Waals surface area contributed by atoms with Crippen molar-refractivity contribution in [3.63, 3.8) is 0 Å². The summed E-state index contributed by atoms with van der Waals surface area (Å²) < 4.78 is 1.26. The zero-order valence-corrected chi connectivity index (χ0v) is 13.4. The molecule has 0 aliphatic heterocycles.